The molecule has 2 aromatic rings. The van der Waals surface area contributed by atoms with Crippen molar-refractivity contribution in [1.29, 1.82) is 5.41 Å². The largest absolute Gasteiger partial charge is 0.496 e. The lowest BCUT2D eigenvalue weighted by Crippen LogP contribution is -2.10. The van der Waals surface area contributed by atoms with Gasteiger partial charge in [0.05, 0.1) is 31.2 Å². The Morgan fingerprint density at radius 3 is 2.62 bits per heavy atom. The van der Waals surface area contributed by atoms with Crippen LogP contribution in [0.1, 0.15) is 11.4 Å². The summed E-state index contributed by atoms with van der Waals surface area (Å²) in [5.74, 6) is 0.0560. The van der Waals surface area contributed by atoms with Gasteiger partial charge in [0, 0.05) is 18.2 Å². The fraction of sp³-hybridized carbons (Fsp3) is 0.267. The molecule has 1 aromatic carbocycles. The van der Waals surface area contributed by atoms with E-state index in [0.717, 1.165) is 12.3 Å². The standard InChI is InChI=1S/C15H15F3N4O2/c1-24-12-3-2-9(6-10(12)15(16,17)18)11-7-13(20-4-5-23)22-14(8-19)21-11/h2-3,6-8,19,23H,4-5H2,1H3,(H,20,21,22). The third-order valence-electron chi connectivity index (χ3n) is 3.09. The molecule has 3 N–H and O–H groups in total. The van der Waals surface area contributed by atoms with E-state index in [1.54, 1.807) is 0 Å². The Morgan fingerprint density at radius 2 is 2.04 bits per heavy atom. The van der Waals surface area contributed by atoms with Crippen molar-refractivity contribution in [3.63, 3.8) is 0 Å². The number of hydrogen-bond acceptors (Lipinski definition) is 6. The van der Waals surface area contributed by atoms with E-state index in [2.05, 4.69) is 15.3 Å². The number of aliphatic hydroxyl groups is 1. The second-order valence-corrected chi connectivity index (χ2v) is 4.70. The maximum atomic E-state index is 13.1. The van der Waals surface area contributed by atoms with Gasteiger partial charge < -0.3 is 20.6 Å². The molecule has 9 heteroatoms. The summed E-state index contributed by atoms with van der Waals surface area (Å²) in [5.41, 5.74) is -0.486. The minimum absolute atomic E-state index is 0.0392. The van der Waals surface area contributed by atoms with Crippen LogP contribution in [0.4, 0.5) is 19.0 Å². The first kappa shape index (κ1) is 17.7. The van der Waals surface area contributed by atoms with Gasteiger partial charge in [-0.25, -0.2) is 9.97 Å². The number of nitrogens with zero attached hydrogens (tertiary/aromatic N) is 2. The Hall–Kier alpha value is -2.68. The summed E-state index contributed by atoms with van der Waals surface area (Å²) in [5, 5.41) is 18.9. The van der Waals surface area contributed by atoms with Crippen LogP contribution >= 0.6 is 0 Å². The maximum Gasteiger partial charge on any atom is 0.419 e. The van der Waals surface area contributed by atoms with E-state index in [1.807, 2.05) is 0 Å². The van der Waals surface area contributed by atoms with Gasteiger partial charge in [0.25, 0.3) is 0 Å². The van der Waals surface area contributed by atoms with Crippen LogP contribution in [0.25, 0.3) is 11.3 Å². The third kappa shape index (κ3) is 3.99. The summed E-state index contributed by atoms with van der Waals surface area (Å²) in [7, 11) is 1.17. The van der Waals surface area contributed by atoms with E-state index < -0.39 is 11.7 Å². The molecule has 0 bridgehead atoms. The third-order valence-corrected chi connectivity index (χ3v) is 3.09. The minimum atomic E-state index is -4.57. The molecule has 0 radical (unpaired) electrons. The first-order valence-electron chi connectivity index (χ1n) is 6.89. The average molecular weight is 340 g/mol. The van der Waals surface area contributed by atoms with Gasteiger partial charge in [-0.1, -0.05) is 0 Å². The van der Waals surface area contributed by atoms with E-state index in [1.165, 1.54) is 25.3 Å². The van der Waals surface area contributed by atoms with Crippen molar-refractivity contribution in [2.24, 2.45) is 0 Å². The first-order valence-corrected chi connectivity index (χ1v) is 6.89. The summed E-state index contributed by atoms with van der Waals surface area (Å²) in [6, 6.07) is 5.04. The molecule has 128 valence electrons. The molecule has 0 atom stereocenters. The van der Waals surface area contributed by atoms with Crippen LogP contribution in [-0.4, -0.2) is 41.6 Å². The van der Waals surface area contributed by atoms with Gasteiger partial charge in [-0.3, -0.25) is 0 Å². The number of methoxy groups -OCH3 is 1. The molecule has 0 aliphatic carbocycles. The molecule has 2 rings (SSSR count). The number of halogens is 3. The number of hydrogen-bond donors (Lipinski definition) is 3. The lowest BCUT2D eigenvalue weighted by Gasteiger charge is -2.14. The van der Waals surface area contributed by atoms with Crippen molar-refractivity contribution in [3.8, 4) is 17.0 Å². The monoisotopic (exact) mass is 340 g/mol. The Bertz CT molecular complexity index is 735. The van der Waals surface area contributed by atoms with Crippen LogP contribution in [0.2, 0.25) is 0 Å². The fourth-order valence-electron chi connectivity index (χ4n) is 2.04. The Morgan fingerprint density at radius 1 is 1.29 bits per heavy atom. The summed E-state index contributed by atoms with van der Waals surface area (Å²) in [4.78, 5) is 8.04. The van der Waals surface area contributed by atoms with E-state index in [4.69, 9.17) is 15.3 Å². The number of nitrogens with one attached hydrogen (secondary N) is 2. The molecule has 0 aliphatic rings. The molecule has 0 saturated heterocycles. The Kier molecular flexibility index (Phi) is 5.35. The van der Waals surface area contributed by atoms with E-state index in [0.29, 0.717) is 5.82 Å². The summed E-state index contributed by atoms with van der Waals surface area (Å²) < 4.78 is 44.2. The zero-order valence-electron chi connectivity index (χ0n) is 12.7. The zero-order valence-corrected chi connectivity index (χ0v) is 12.7. The first-order chi connectivity index (χ1) is 11.4. The average Bonchev–Trinajstić information content (AvgIpc) is 2.58. The normalized spacial score (nSPS) is 11.2. The molecule has 1 aromatic heterocycles. The number of alkyl halides is 3. The number of anilines is 1. The fourth-order valence-corrected chi connectivity index (χ4v) is 2.04. The van der Waals surface area contributed by atoms with E-state index in [-0.39, 0.29) is 36.0 Å². The number of ether oxygens (including phenoxy) is 1. The molecule has 1 heterocycles. The van der Waals surface area contributed by atoms with Crippen LogP contribution in [0.15, 0.2) is 24.3 Å². The molecular weight excluding hydrogens is 325 g/mol. The highest BCUT2D eigenvalue weighted by atomic mass is 19.4. The number of rotatable bonds is 6. The maximum absolute atomic E-state index is 13.1. The van der Waals surface area contributed by atoms with E-state index >= 15 is 0 Å². The second-order valence-electron chi connectivity index (χ2n) is 4.70. The van der Waals surface area contributed by atoms with E-state index in [9.17, 15) is 13.2 Å². The minimum Gasteiger partial charge on any atom is -0.496 e. The highest BCUT2D eigenvalue weighted by molar-refractivity contribution is 5.75. The van der Waals surface area contributed by atoms with Crippen LogP contribution in [0, 0.1) is 5.41 Å². The van der Waals surface area contributed by atoms with Gasteiger partial charge in [0.15, 0.2) is 5.82 Å². The number of aliphatic hydroxyl groups excluding tert-OH is 1. The Labute approximate surface area is 135 Å². The molecule has 6 nitrogen and oxygen atoms in total. The van der Waals surface area contributed by atoms with Crippen molar-refractivity contribution in [1.82, 2.24) is 9.97 Å². The summed E-state index contributed by atoms with van der Waals surface area (Å²) in [6.07, 6.45) is -3.68. The lowest BCUT2D eigenvalue weighted by molar-refractivity contribution is -0.138. The summed E-state index contributed by atoms with van der Waals surface area (Å²) >= 11 is 0. The van der Waals surface area contributed by atoms with Gasteiger partial charge in [-0.05, 0) is 18.2 Å². The molecule has 0 fully saturated rings. The SMILES string of the molecule is COc1ccc(-c2cc(NCCO)nc(C=N)n2)cc1C(F)(F)F. The quantitative estimate of drug-likeness (QED) is 0.703. The van der Waals surface area contributed by atoms with Gasteiger partial charge >= 0.3 is 6.18 Å². The summed E-state index contributed by atoms with van der Waals surface area (Å²) in [6.45, 7) is 0.0737. The predicted molar refractivity (Wildman–Crippen MR) is 82.5 cm³/mol. The van der Waals surface area contributed by atoms with Crippen molar-refractivity contribution < 1.29 is 23.0 Å². The highest BCUT2D eigenvalue weighted by Gasteiger charge is 2.34. The molecule has 0 aliphatic heterocycles. The number of aromatic nitrogens is 2. The lowest BCUT2D eigenvalue weighted by atomic mass is 10.1. The highest BCUT2D eigenvalue weighted by Crippen LogP contribution is 2.38. The molecule has 24 heavy (non-hydrogen) atoms. The van der Waals surface area contributed by atoms with Gasteiger partial charge in [0.2, 0.25) is 0 Å². The predicted octanol–water partition coefficient (Wildman–Crippen LogP) is 2.57. The van der Waals surface area contributed by atoms with Crippen LogP contribution < -0.4 is 10.1 Å². The molecular formula is C15H15F3N4O2. The molecule has 0 amide bonds. The van der Waals surface area contributed by atoms with Crippen molar-refractivity contribution in [2.75, 3.05) is 25.6 Å². The van der Waals surface area contributed by atoms with Crippen molar-refractivity contribution in [3.05, 3.63) is 35.7 Å². The van der Waals surface area contributed by atoms with Crippen LogP contribution in [-0.2, 0) is 6.18 Å². The number of benzene rings is 1. The van der Waals surface area contributed by atoms with Gasteiger partial charge in [-0.15, -0.1) is 0 Å². The van der Waals surface area contributed by atoms with Crippen LogP contribution in [0.5, 0.6) is 5.75 Å². The Balaban J connectivity index is 2.52. The van der Waals surface area contributed by atoms with Gasteiger partial charge in [-0.2, -0.15) is 13.2 Å². The molecule has 0 spiro atoms. The van der Waals surface area contributed by atoms with Crippen molar-refractivity contribution in [2.45, 2.75) is 6.18 Å². The molecule has 0 saturated carbocycles. The van der Waals surface area contributed by atoms with Gasteiger partial charge in [0.1, 0.15) is 11.6 Å². The molecule has 0 unspecified atom stereocenters. The second kappa shape index (κ2) is 7.26. The van der Waals surface area contributed by atoms with Crippen molar-refractivity contribution >= 4 is 12.0 Å². The smallest absolute Gasteiger partial charge is 0.419 e. The topological polar surface area (TPSA) is 91.1 Å². The zero-order chi connectivity index (χ0) is 17.7. The van der Waals surface area contributed by atoms with Crippen LogP contribution in [0.3, 0.4) is 0 Å².